The maximum atomic E-state index is 12.5. The number of para-hydroxylation sites is 1. The van der Waals surface area contributed by atoms with E-state index >= 15 is 0 Å². The van der Waals surface area contributed by atoms with E-state index < -0.39 is 0 Å². The highest BCUT2D eigenvalue weighted by Gasteiger charge is 2.20. The number of carbonyl (C=O) groups excluding carboxylic acids is 2. The molecule has 0 unspecified atom stereocenters. The average molecular weight is 375 g/mol. The Bertz CT molecular complexity index is 821. The van der Waals surface area contributed by atoms with Gasteiger partial charge >= 0.3 is 0 Å². The number of amides is 2. The van der Waals surface area contributed by atoms with Gasteiger partial charge in [-0.05, 0) is 42.7 Å². The standard InChI is InChI=1S/C20H23ClN2O3/c1-5-15-8-6-7-13(2)20(15)23(14(3)24)12-19(25)22-16-9-10-18(26-4)17(21)11-16/h6-11H,5,12H2,1-4H3,(H,22,25). The Hall–Kier alpha value is -2.53. The number of carbonyl (C=O) groups is 2. The van der Waals surface area contributed by atoms with Crippen molar-refractivity contribution < 1.29 is 14.3 Å². The van der Waals surface area contributed by atoms with E-state index in [0.717, 1.165) is 23.2 Å². The van der Waals surface area contributed by atoms with Gasteiger partial charge in [0.25, 0.3) is 0 Å². The summed E-state index contributed by atoms with van der Waals surface area (Å²) in [5, 5.41) is 3.18. The molecule has 0 aromatic heterocycles. The smallest absolute Gasteiger partial charge is 0.244 e. The summed E-state index contributed by atoms with van der Waals surface area (Å²) >= 11 is 6.08. The quantitative estimate of drug-likeness (QED) is 0.823. The molecule has 0 aliphatic carbocycles. The van der Waals surface area contributed by atoms with E-state index in [2.05, 4.69) is 5.32 Å². The zero-order valence-corrected chi connectivity index (χ0v) is 16.2. The van der Waals surface area contributed by atoms with Gasteiger partial charge in [0.05, 0.1) is 17.8 Å². The number of methoxy groups -OCH3 is 1. The van der Waals surface area contributed by atoms with Crippen LogP contribution in [0.5, 0.6) is 5.75 Å². The van der Waals surface area contributed by atoms with E-state index in [-0.39, 0.29) is 18.4 Å². The van der Waals surface area contributed by atoms with Gasteiger partial charge in [0.15, 0.2) is 0 Å². The summed E-state index contributed by atoms with van der Waals surface area (Å²) in [5.41, 5.74) is 3.33. The van der Waals surface area contributed by atoms with Gasteiger partial charge in [0.2, 0.25) is 11.8 Å². The lowest BCUT2D eigenvalue weighted by Gasteiger charge is -2.25. The second-order valence-corrected chi connectivity index (χ2v) is 6.35. The minimum absolute atomic E-state index is 0.0726. The molecule has 0 spiro atoms. The fourth-order valence-electron chi connectivity index (χ4n) is 2.83. The number of anilines is 2. The molecule has 2 rings (SSSR count). The average Bonchev–Trinajstić information content (AvgIpc) is 2.59. The number of hydrogen-bond acceptors (Lipinski definition) is 3. The number of nitrogens with one attached hydrogen (secondary N) is 1. The Morgan fingerprint density at radius 3 is 2.54 bits per heavy atom. The van der Waals surface area contributed by atoms with Crippen molar-refractivity contribution in [3.8, 4) is 5.75 Å². The Morgan fingerprint density at radius 1 is 1.23 bits per heavy atom. The van der Waals surface area contributed by atoms with Crippen LogP contribution in [0.3, 0.4) is 0 Å². The first kappa shape index (κ1) is 19.8. The summed E-state index contributed by atoms with van der Waals surface area (Å²) in [6, 6.07) is 10.9. The zero-order chi connectivity index (χ0) is 19.3. The van der Waals surface area contributed by atoms with Crippen molar-refractivity contribution in [1.82, 2.24) is 0 Å². The first-order chi connectivity index (χ1) is 12.4. The molecule has 0 saturated carbocycles. The fraction of sp³-hybridized carbons (Fsp3) is 0.300. The van der Waals surface area contributed by atoms with Crippen LogP contribution in [0.15, 0.2) is 36.4 Å². The molecule has 26 heavy (non-hydrogen) atoms. The first-order valence-electron chi connectivity index (χ1n) is 8.37. The van der Waals surface area contributed by atoms with E-state index in [1.807, 2.05) is 32.0 Å². The molecule has 1 N–H and O–H groups in total. The summed E-state index contributed by atoms with van der Waals surface area (Å²) in [5.74, 6) is 0.0474. The van der Waals surface area contributed by atoms with Gasteiger partial charge in [-0.25, -0.2) is 0 Å². The summed E-state index contributed by atoms with van der Waals surface area (Å²) < 4.78 is 5.10. The monoisotopic (exact) mass is 374 g/mol. The van der Waals surface area contributed by atoms with Crippen LogP contribution in [-0.2, 0) is 16.0 Å². The number of aryl methyl sites for hydroxylation is 2. The van der Waals surface area contributed by atoms with Gasteiger partial charge in [-0.3, -0.25) is 9.59 Å². The van der Waals surface area contributed by atoms with Crippen LogP contribution in [0.2, 0.25) is 5.02 Å². The number of hydrogen-bond donors (Lipinski definition) is 1. The summed E-state index contributed by atoms with van der Waals surface area (Å²) in [6.45, 7) is 5.35. The van der Waals surface area contributed by atoms with Crippen molar-refractivity contribution in [2.24, 2.45) is 0 Å². The molecule has 0 atom stereocenters. The van der Waals surface area contributed by atoms with Crippen molar-refractivity contribution in [1.29, 1.82) is 0 Å². The fourth-order valence-corrected chi connectivity index (χ4v) is 3.09. The van der Waals surface area contributed by atoms with E-state index in [0.29, 0.717) is 16.5 Å². The highest BCUT2D eigenvalue weighted by atomic mass is 35.5. The molecule has 6 heteroatoms. The molecule has 2 amide bonds. The van der Waals surface area contributed by atoms with E-state index in [1.54, 1.807) is 18.2 Å². The lowest BCUT2D eigenvalue weighted by Crippen LogP contribution is -2.37. The third-order valence-electron chi connectivity index (χ3n) is 4.09. The Kier molecular flexibility index (Phi) is 6.64. The molecule has 138 valence electrons. The molecule has 0 aliphatic rings. The van der Waals surface area contributed by atoms with Gasteiger partial charge in [-0.15, -0.1) is 0 Å². The van der Waals surface area contributed by atoms with Gasteiger partial charge in [0, 0.05) is 12.6 Å². The van der Waals surface area contributed by atoms with Crippen molar-refractivity contribution >= 4 is 34.8 Å². The van der Waals surface area contributed by atoms with Gasteiger partial charge in [0.1, 0.15) is 12.3 Å². The molecule has 2 aromatic rings. The third kappa shape index (κ3) is 4.55. The molecule has 0 fully saturated rings. The summed E-state index contributed by atoms with van der Waals surface area (Å²) in [6.07, 6.45) is 0.774. The summed E-state index contributed by atoms with van der Waals surface area (Å²) in [7, 11) is 1.53. The lowest BCUT2D eigenvalue weighted by molar-refractivity contribution is -0.120. The highest BCUT2D eigenvalue weighted by Crippen LogP contribution is 2.28. The molecule has 5 nitrogen and oxygen atoms in total. The molecule has 0 bridgehead atoms. The number of rotatable bonds is 6. The number of benzene rings is 2. The van der Waals surface area contributed by atoms with Crippen LogP contribution in [0.4, 0.5) is 11.4 Å². The summed E-state index contributed by atoms with van der Waals surface area (Å²) in [4.78, 5) is 26.2. The van der Waals surface area contributed by atoms with Crippen LogP contribution < -0.4 is 15.0 Å². The molecular formula is C20H23ClN2O3. The Labute approximate surface area is 158 Å². The van der Waals surface area contributed by atoms with Crippen LogP contribution in [0.25, 0.3) is 0 Å². The number of halogens is 1. The largest absolute Gasteiger partial charge is 0.495 e. The topological polar surface area (TPSA) is 58.6 Å². The predicted octanol–water partition coefficient (Wildman–Crippen LogP) is 4.21. The van der Waals surface area contributed by atoms with Crippen molar-refractivity contribution in [2.75, 3.05) is 23.9 Å². The number of nitrogens with zero attached hydrogens (tertiary/aromatic N) is 1. The maximum absolute atomic E-state index is 12.5. The van der Waals surface area contributed by atoms with Crippen LogP contribution in [0, 0.1) is 6.92 Å². The number of ether oxygens (including phenoxy) is 1. The molecule has 2 aromatic carbocycles. The Balaban J connectivity index is 2.22. The second kappa shape index (κ2) is 8.72. The van der Waals surface area contributed by atoms with Crippen LogP contribution in [-0.4, -0.2) is 25.5 Å². The first-order valence-corrected chi connectivity index (χ1v) is 8.75. The molecule has 0 aliphatic heterocycles. The molecule has 0 radical (unpaired) electrons. The van der Waals surface area contributed by atoms with Gasteiger partial charge in [-0.2, -0.15) is 0 Å². The lowest BCUT2D eigenvalue weighted by atomic mass is 10.0. The molecule has 0 saturated heterocycles. The minimum atomic E-state index is -0.299. The second-order valence-electron chi connectivity index (χ2n) is 5.94. The van der Waals surface area contributed by atoms with E-state index in [4.69, 9.17) is 16.3 Å². The van der Waals surface area contributed by atoms with E-state index in [1.165, 1.54) is 18.9 Å². The minimum Gasteiger partial charge on any atom is -0.495 e. The van der Waals surface area contributed by atoms with E-state index in [9.17, 15) is 9.59 Å². The predicted molar refractivity (Wildman–Crippen MR) is 105 cm³/mol. The van der Waals surface area contributed by atoms with Crippen molar-refractivity contribution in [2.45, 2.75) is 27.2 Å². The highest BCUT2D eigenvalue weighted by molar-refractivity contribution is 6.32. The van der Waals surface area contributed by atoms with Crippen LogP contribution in [0.1, 0.15) is 25.0 Å². The van der Waals surface area contributed by atoms with Crippen LogP contribution >= 0.6 is 11.6 Å². The van der Waals surface area contributed by atoms with Crippen molar-refractivity contribution in [3.63, 3.8) is 0 Å². The van der Waals surface area contributed by atoms with Gasteiger partial charge < -0.3 is 15.0 Å². The maximum Gasteiger partial charge on any atom is 0.244 e. The SMILES string of the molecule is CCc1cccc(C)c1N(CC(=O)Nc1ccc(OC)c(Cl)c1)C(C)=O. The molecule has 0 heterocycles. The molecular weight excluding hydrogens is 352 g/mol. The third-order valence-corrected chi connectivity index (χ3v) is 4.38. The van der Waals surface area contributed by atoms with Crippen molar-refractivity contribution in [3.05, 3.63) is 52.5 Å². The Morgan fingerprint density at radius 2 is 1.96 bits per heavy atom. The zero-order valence-electron chi connectivity index (χ0n) is 15.4. The van der Waals surface area contributed by atoms with Gasteiger partial charge in [-0.1, -0.05) is 36.7 Å². The normalized spacial score (nSPS) is 10.3.